The van der Waals surface area contributed by atoms with Gasteiger partial charge >= 0.3 is 11.9 Å². The third-order valence-electron chi connectivity index (χ3n) is 8.10. The number of rotatable bonds is 9. The highest BCUT2D eigenvalue weighted by Gasteiger charge is 2.33. The summed E-state index contributed by atoms with van der Waals surface area (Å²) in [4.78, 5) is 59.2. The van der Waals surface area contributed by atoms with Crippen molar-refractivity contribution in [3.63, 3.8) is 0 Å². The number of nitrogens with zero attached hydrogens (tertiary/aromatic N) is 7. The zero-order valence-corrected chi connectivity index (χ0v) is 24.3. The molecule has 14 heteroatoms. The number of aromatic nitrogens is 6. The number of imidazole rings is 1. The fourth-order valence-electron chi connectivity index (χ4n) is 5.63. The molecule has 0 unspecified atom stereocenters. The molecule has 44 heavy (non-hydrogen) atoms. The highest BCUT2D eigenvalue weighted by molar-refractivity contribution is 6.05. The van der Waals surface area contributed by atoms with Crippen molar-refractivity contribution < 1.29 is 18.0 Å². The summed E-state index contributed by atoms with van der Waals surface area (Å²) in [6.45, 7) is 5.04. The molecule has 1 N–H and O–H groups in total. The Labute approximate surface area is 250 Å². The molecule has 11 nitrogen and oxygen atoms in total. The number of carbonyl (C=O) groups is 1. The Hall–Kier alpha value is -4.33. The van der Waals surface area contributed by atoms with E-state index in [1.807, 2.05) is 6.92 Å². The molecule has 1 saturated heterocycles. The van der Waals surface area contributed by atoms with Gasteiger partial charge in [-0.1, -0.05) is 13.3 Å². The number of likely N-dealkylation sites (tertiary alicyclic amines) is 1. The highest BCUT2D eigenvalue weighted by atomic mass is 19.4. The number of amides is 1. The molecule has 2 fully saturated rings. The first kappa shape index (κ1) is 29.7. The van der Waals surface area contributed by atoms with Crippen LogP contribution in [0.15, 0.2) is 46.2 Å². The van der Waals surface area contributed by atoms with E-state index >= 15 is 0 Å². The first-order valence-corrected chi connectivity index (χ1v) is 14.9. The number of hydrogen-bond donors (Lipinski definition) is 1. The van der Waals surface area contributed by atoms with Gasteiger partial charge in [-0.25, -0.2) is 14.8 Å². The average molecular weight is 611 g/mol. The zero-order valence-electron chi connectivity index (χ0n) is 24.3. The van der Waals surface area contributed by atoms with E-state index in [0.29, 0.717) is 36.7 Å². The molecule has 6 rings (SSSR count). The Morgan fingerprint density at radius 3 is 2.41 bits per heavy atom. The number of pyridine rings is 2. The van der Waals surface area contributed by atoms with Gasteiger partial charge in [0, 0.05) is 43.6 Å². The third kappa shape index (κ3) is 5.90. The summed E-state index contributed by atoms with van der Waals surface area (Å²) in [7, 11) is 0. The maximum atomic E-state index is 13.6. The molecule has 1 aliphatic heterocycles. The Balaban J connectivity index is 1.32. The summed E-state index contributed by atoms with van der Waals surface area (Å²) in [5, 5.41) is 0. The minimum absolute atomic E-state index is 0.0145. The molecule has 4 aromatic rings. The van der Waals surface area contributed by atoms with E-state index < -0.39 is 23.3 Å². The molecule has 2 aliphatic rings. The maximum absolute atomic E-state index is 13.6. The summed E-state index contributed by atoms with van der Waals surface area (Å²) in [6.07, 6.45) is 3.39. The zero-order chi connectivity index (χ0) is 31.0. The fraction of sp³-hybridized carbons (Fsp3) is 0.467. The molecule has 5 heterocycles. The molecule has 4 aromatic heterocycles. The molecule has 0 spiro atoms. The quantitative estimate of drug-likeness (QED) is 0.301. The van der Waals surface area contributed by atoms with Crippen molar-refractivity contribution in [3.05, 3.63) is 68.8 Å². The number of halogens is 3. The van der Waals surface area contributed by atoms with E-state index in [0.717, 1.165) is 63.5 Å². The number of alkyl halides is 3. The van der Waals surface area contributed by atoms with Crippen LogP contribution in [0.25, 0.3) is 22.6 Å². The number of aryl methyl sites for hydroxylation is 1. The van der Waals surface area contributed by atoms with Crippen LogP contribution < -0.4 is 16.1 Å². The minimum atomic E-state index is -4.61. The lowest BCUT2D eigenvalue weighted by Crippen LogP contribution is -2.41. The maximum Gasteiger partial charge on any atom is 0.433 e. The summed E-state index contributed by atoms with van der Waals surface area (Å²) in [6, 6.07) is 5.16. The number of hydrogen-bond acceptors (Lipinski definition) is 7. The normalized spacial score (nSPS) is 16.0. The second-order valence-corrected chi connectivity index (χ2v) is 11.3. The molecule has 1 saturated carbocycles. The van der Waals surface area contributed by atoms with Gasteiger partial charge in [0.05, 0.1) is 5.56 Å². The highest BCUT2D eigenvalue weighted by Crippen LogP contribution is 2.33. The van der Waals surface area contributed by atoms with Crippen LogP contribution >= 0.6 is 0 Å². The molecular formula is C30H33F3N8O3. The van der Waals surface area contributed by atoms with Crippen LogP contribution in [0.3, 0.4) is 0 Å². The summed E-state index contributed by atoms with van der Waals surface area (Å²) in [5.74, 6) is 0.147. The van der Waals surface area contributed by atoms with Gasteiger partial charge in [-0.15, -0.1) is 0 Å². The van der Waals surface area contributed by atoms with Crippen molar-refractivity contribution in [3.8, 4) is 11.4 Å². The van der Waals surface area contributed by atoms with Crippen LogP contribution in [0.2, 0.25) is 0 Å². The van der Waals surface area contributed by atoms with Crippen LogP contribution in [0.4, 0.5) is 19.0 Å². The van der Waals surface area contributed by atoms with E-state index in [4.69, 9.17) is 0 Å². The van der Waals surface area contributed by atoms with Gasteiger partial charge in [-0.2, -0.15) is 13.2 Å². The Bertz CT molecular complexity index is 1770. The summed E-state index contributed by atoms with van der Waals surface area (Å²) in [5.41, 5.74) is -0.751. The topological polar surface area (TPSA) is 122 Å². The second-order valence-electron chi connectivity index (χ2n) is 11.3. The van der Waals surface area contributed by atoms with Crippen LogP contribution in [-0.4, -0.2) is 66.1 Å². The molecule has 0 bridgehead atoms. The molecule has 232 valence electrons. The SMILES string of the molecule is CCCn1c(=O)n(C2CC2)c(=O)c2[nH]c(-c3ccc(N(CCN4CCCCC4)C(=O)c4ccc(C(F)(F)F)nc4)nc3)nc21. The predicted molar refractivity (Wildman–Crippen MR) is 158 cm³/mol. The third-order valence-corrected chi connectivity index (χ3v) is 8.10. The molecule has 1 amide bonds. The lowest BCUT2D eigenvalue weighted by atomic mass is 10.1. The summed E-state index contributed by atoms with van der Waals surface area (Å²) >= 11 is 0. The Kier molecular flexibility index (Phi) is 8.10. The van der Waals surface area contributed by atoms with Gasteiger partial charge in [0.25, 0.3) is 11.5 Å². The smallest absolute Gasteiger partial charge is 0.332 e. The van der Waals surface area contributed by atoms with Crippen LogP contribution in [0.5, 0.6) is 0 Å². The van der Waals surface area contributed by atoms with Gasteiger partial charge in [-0.05, 0) is 69.5 Å². The minimum Gasteiger partial charge on any atom is -0.332 e. The van der Waals surface area contributed by atoms with Gasteiger partial charge < -0.3 is 9.88 Å². The van der Waals surface area contributed by atoms with E-state index in [-0.39, 0.29) is 35.0 Å². The molecule has 0 aromatic carbocycles. The average Bonchev–Trinajstić information content (AvgIpc) is 3.76. The van der Waals surface area contributed by atoms with Crippen molar-refractivity contribution in [2.45, 2.75) is 64.2 Å². The number of nitrogens with one attached hydrogen (secondary N) is 1. The largest absolute Gasteiger partial charge is 0.433 e. The number of carbonyl (C=O) groups excluding carboxylic acids is 1. The number of fused-ring (bicyclic) bond motifs is 1. The van der Waals surface area contributed by atoms with E-state index in [1.165, 1.54) is 20.2 Å². The molecule has 0 atom stereocenters. The standard InChI is InChI=1S/C30H33F3N8O3/c1-2-12-40-26-24(28(43)41(29(40)44)21-8-9-21)36-25(37-26)19-7-11-23(35-17-19)39(16-15-38-13-4-3-5-14-38)27(42)20-6-10-22(34-18-20)30(31,32)33/h6-7,10-11,17-18,21H,2-5,8-9,12-16H2,1H3,(H,36,37). The number of piperidine rings is 1. The van der Waals surface area contributed by atoms with Crippen molar-refractivity contribution >= 4 is 22.9 Å². The molecule has 1 aliphatic carbocycles. The number of anilines is 1. The number of H-pyrrole nitrogens is 1. The summed E-state index contributed by atoms with van der Waals surface area (Å²) < 4.78 is 42.0. The Morgan fingerprint density at radius 1 is 1.02 bits per heavy atom. The van der Waals surface area contributed by atoms with Gasteiger partial charge in [0.15, 0.2) is 5.65 Å². The van der Waals surface area contributed by atoms with Gasteiger partial charge in [0.2, 0.25) is 0 Å². The van der Waals surface area contributed by atoms with Crippen molar-refractivity contribution in [1.29, 1.82) is 0 Å². The van der Waals surface area contributed by atoms with Crippen LogP contribution in [0, 0.1) is 0 Å². The lowest BCUT2D eigenvalue weighted by molar-refractivity contribution is -0.141. The number of aromatic amines is 1. The van der Waals surface area contributed by atoms with Crippen molar-refractivity contribution in [2.24, 2.45) is 0 Å². The first-order chi connectivity index (χ1) is 21.2. The second kappa shape index (κ2) is 12.0. The van der Waals surface area contributed by atoms with Crippen molar-refractivity contribution in [2.75, 3.05) is 31.1 Å². The Morgan fingerprint density at radius 2 is 1.80 bits per heavy atom. The van der Waals surface area contributed by atoms with Gasteiger partial charge in [0.1, 0.15) is 22.9 Å². The van der Waals surface area contributed by atoms with Gasteiger partial charge in [-0.3, -0.25) is 28.6 Å². The fourth-order valence-corrected chi connectivity index (χ4v) is 5.63. The first-order valence-electron chi connectivity index (χ1n) is 14.9. The van der Waals surface area contributed by atoms with Crippen LogP contribution in [-0.2, 0) is 12.7 Å². The molecule has 0 radical (unpaired) electrons. The van der Waals surface area contributed by atoms with Crippen molar-refractivity contribution in [1.82, 2.24) is 34.0 Å². The van der Waals surface area contributed by atoms with Crippen LogP contribution in [0.1, 0.15) is 67.5 Å². The van der Waals surface area contributed by atoms with E-state index in [2.05, 4.69) is 24.8 Å². The lowest BCUT2D eigenvalue weighted by Gasteiger charge is -2.29. The molecular weight excluding hydrogens is 577 g/mol. The predicted octanol–water partition coefficient (Wildman–Crippen LogP) is 4.24. The van der Waals surface area contributed by atoms with E-state index in [1.54, 1.807) is 12.1 Å². The van der Waals surface area contributed by atoms with E-state index in [9.17, 15) is 27.6 Å². The monoisotopic (exact) mass is 610 g/mol.